The van der Waals surface area contributed by atoms with Gasteiger partial charge in [0.25, 0.3) is 5.91 Å². The normalized spacial score (nSPS) is 13.7. The molecule has 4 aromatic rings. The fourth-order valence-corrected chi connectivity index (χ4v) is 4.57. The van der Waals surface area contributed by atoms with Crippen LogP contribution in [-0.4, -0.2) is 40.2 Å². The fraction of sp³-hybridized carbons (Fsp3) is 0.233. The Morgan fingerprint density at radius 1 is 1.00 bits per heavy atom. The number of carbonyl (C=O) groups is 1. The zero-order valence-electron chi connectivity index (χ0n) is 22.1. The van der Waals surface area contributed by atoms with Crippen molar-refractivity contribution in [1.29, 1.82) is 0 Å². The molecule has 1 amide bonds. The maximum Gasteiger partial charge on any atom is 0.573 e. The Morgan fingerprint density at radius 3 is 2.39 bits per heavy atom. The highest BCUT2D eigenvalue weighted by molar-refractivity contribution is 6.04. The lowest BCUT2D eigenvalue weighted by Gasteiger charge is -2.16. The molecular formula is C30H27F4N5O2. The number of likely N-dealkylation sites (tertiary alicyclic amines) is 1. The van der Waals surface area contributed by atoms with Gasteiger partial charge in [-0.25, -0.2) is 14.4 Å². The van der Waals surface area contributed by atoms with Crippen LogP contribution in [0.2, 0.25) is 0 Å². The van der Waals surface area contributed by atoms with Crippen molar-refractivity contribution in [2.75, 3.05) is 23.7 Å². The summed E-state index contributed by atoms with van der Waals surface area (Å²) >= 11 is 0. The number of aryl methyl sites for hydroxylation is 1. The van der Waals surface area contributed by atoms with Gasteiger partial charge in [-0.05, 0) is 98.6 Å². The number of benzene rings is 3. The predicted octanol–water partition coefficient (Wildman–Crippen LogP) is 7.08. The highest BCUT2D eigenvalue weighted by Crippen LogP contribution is 2.28. The summed E-state index contributed by atoms with van der Waals surface area (Å²) in [5.41, 5.74) is 4.02. The molecule has 0 spiro atoms. The Morgan fingerprint density at radius 2 is 1.71 bits per heavy atom. The van der Waals surface area contributed by atoms with E-state index in [-0.39, 0.29) is 23.1 Å². The molecule has 1 aliphatic rings. The van der Waals surface area contributed by atoms with Crippen LogP contribution in [0.25, 0.3) is 11.3 Å². The van der Waals surface area contributed by atoms with E-state index >= 15 is 0 Å². The number of aromatic nitrogens is 2. The van der Waals surface area contributed by atoms with Gasteiger partial charge < -0.3 is 15.4 Å². The lowest BCUT2D eigenvalue weighted by atomic mass is 10.1. The van der Waals surface area contributed by atoms with E-state index in [0.29, 0.717) is 11.3 Å². The van der Waals surface area contributed by atoms with Crippen molar-refractivity contribution in [3.8, 4) is 17.0 Å². The van der Waals surface area contributed by atoms with Gasteiger partial charge in [0.05, 0.1) is 6.20 Å². The van der Waals surface area contributed by atoms with Crippen LogP contribution in [0.15, 0.2) is 72.9 Å². The van der Waals surface area contributed by atoms with Gasteiger partial charge in [0, 0.05) is 29.0 Å². The number of carbonyl (C=O) groups excluding carboxylic acids is 1. The van der Waals surface area contributed by atoms with Crippen molar-refractivity contribution in [2.45, 2.75) is 32.7 Å². The minimum Gasteiger partial charge on any atom is -0.406 e. The Hall–Kier alpha value is -4.51. The standard InChI is InChI=1S/C30H27F4N5O2/c1-19-4-5-20(18-39-14-2-3-15-39)16-26(19)37-28(40)22-6-10-23(11-7-22)36-29-35-17-25(31)27(38-29)21-8-12-24(13-9-21)41-30(32,33)34/h4-13,16-17H,2-3,14-15,18H2,1H3,(H,37,40)(H,35,36,38). The van der Waals surface area contributed by atoms with Gasteiger partial charge in [-0.15, -0.1) is 13.2 Å². The second-order valence-corrected chi connectivity index (χ2v) is 9.75. The first kappa shape index (κ1) is 28.0. The largest absolute Gasteiger partial charge is 0.573 e. The maximum absolute atomic E-state index is 14.4. The van der Waals surface area contributed by atoms with E-state index in [2.05, 4.69) is 36.3 Å². The van der Waals surface area contributed by atoms with E-state index in [0.717, 1.165) is 54.8 Å². The molecule has 0 atom stereocenters. The van der Waals surface area contributed by atoms with Crippen LogP contribution in [-0.2, 0) is 6.54 Å². The number of nitrogens with one attached hydrogen (secondary N) is 2. The smallest absolute Gasteiger partial charge is 0.406 e. The molecule has 41 heavy (non-hydrogen) atoms. The molecule has 7 nitrogen and oxygen atoms in total. The summed E-state index contributed by atoms with van der Waals surface area (Å²) in [6, 6.07) is 17.4. The van der Waals surface area contributed by atoms with Gasteiger partial charge in [0.2, 0.25) is 5.95 Å². The molecule has 2 N–H and O–H groups in total. The van der Waals surface area contributed by atoms with E-state index in [1.165, 1.54) is 25.0 Å². The minimum absolute atomic E-state index is 0.0691. The van der Waals surface area contributed by atoms with E-state index in [1.54, 1.807) is 24.3 Å². The zero-order valence-corrected chi connectivity index (χ0v) is 22.1. The van der Waals surface area contributed by atoms with Crippen molar-refractivity contribution < 1.29 is 27.1 Å². The molecule has 1 aliphatic heterocycles. The molecule has 0 bridgehead atoms. The maximum atomic E-state index is 14.4. The van der Waals surface area contributed by atoms with Crippen LogP contribution in [0.1, 0.15) is 34.3 Å². The van der Waals surface area contributed by atoms with Crippen LogP contribution < -0.4 is 15.4 Å². The lowest BCUT2D eigenvalue weighted by molar-refractivity contribution is -0.274. The van der Waals surface area contributed by atoms with E-state index in [4.69, 9.17) is 0 Å². The monoisotopic (exact) mass is 565 g/mol. The summed E-state index contributed by atoms with van der Waals surface area (Å²) in [5.74, 6) is -1.36. The number of nitrogens with zero attached hydrogens (tertiary/aromatic N) is 3. The van der Waals surface area contributed by atoms with Crippen molar-refractivity contribution in [1.82, 2.24) is 14.9 Å². The summed E-state index contributed by atoms with van der Waals surface area (Å²) < 4.78 is 55.5. The second kappa shape index (κ2) is 11.9. The van der Waals surface area contributed by atoms with Crippen LogP contribution >= 0.6 is 0 Å². The molecule has 5 rings (SSSR count). The average Bonchev–Trinajstić information content (AvgIpc) is 3.45. The third-order valence-electron chi connectivity index (χ3n) is 6.66. The lowest BCUT2D eigenvalue weighted by Crippen LogP contribution is -2.19. The van der Waals surface area contributed by atoms with Crippen molar-refractivity contribution >= 4 is 23.2 Å². The van der Waals surface area contributed by atoms with Gasteiger partial charge in [0.15, 0.2) is 5.82 Å². The summed E-state index contributed by atoms with van der Waals surface area (Å²) in [5, 5.41) is 5.95. The van der Waals surface area contributed by atoms with Gasteiger partial charge in [-0.1, -0.05) is 12.1 Å². The van der Waals surface area contributed by atoms with Crippen molar-refractivity contribution in [3.05, 3.63) is 95.4 Å². The van der Waals surface area contributed by atoms with E-state index < -0.39 is 17.9 Å². The molecule has 2 heterocycles. The number of ether oxygens (including phenoxy) is 1. The minimum atomic E-state index is -4.83. The van der Waals surface area contributed by atoms with Gasteiger partial charge >= 0.3 is 6.36 Å². The second-order valence-electron chi connectivity index (χ2n) is 9.75. The number of hydrogen-bond acceptors (Lipinski definition) is 6. The number of halogens is 4. The SMILES string of the molecule is Cc1ccc(CN2CCCC2)cc1NC(=O)c1ccc(Nc2ncc(F)c(-c3ccc(OC(F)(F)F)cc3)n2)cc1. The number of amides is 1. The third-order valence-corrected chi connectivity index (χ3v) is 6.66. The zero-order chi connectivity index (χ0) is 29.0. The molecule has 0 unspecified atom stereocenters. The topological polar surface area (TPSA) is 79.4 Å². The average molecular weight is 566 g/mol. The van der Waals surface area contributed by atoms with Crippen LogP contribution in [0.4, 0.5) is 34.9 Å². The molecule has 1 aromatic heterocycles. The number of anilines is 3. The van der Waals surface area contributed by atoms with Gasteiger partial charge in [-0.3, -0.25) is 9.69 Å². The fourth-order valence-electron chi connectivity index (χ4n) is 4.57. The highest BCUT2D eigenvalue weighted by atomic mass is 19.4. The Balaban J connectivity index is 1.24. The third kappa shape index (κ3) is 7.37. The van der Waals surface area contributed by atoms with Crippen molar-refractivity contribution in [3.63, 3.8) is 0 Å². The molecular weight excluding hydrogens is 538 g/mol. The summed E-state index contributed by atoms with van der Waals surface area (Å²) in [4.78, 5) is 23.5. The highest BCUT2D eigenvalue weighted by Gasteiger charge is 2.31. The molecule has 1 fully saturated rings. The molecule has 0 radical (unpaired) electrons. The Bertz CT molecular complexity index is 1520. The molecule has 212 valence electrons. The van der Waals surface area contributed by atoms with E-state index in [9.17, 15) is 22.4 Å². The molecule has 0 saturated carbocycles. The first-order chi connectivity index (χ1) is 19.6. The molecule has 0 aliphatic carbocycles. The Kier molecular flexibility index (Phi) is 8.16. The van der Waals surface area contributed by atoms with Gasteiger partial charge in [0.1, 0.15) is 11.4 Å². The van der Waals surface area contributed by atoms with Crippen LogP contribution in [0, 0.1) is 12.7 Å². The summed E-state index contributed by atoms with van der Waals surface area (Å²) in [6.45, 7) is 4.99. The molecule has 11 heteroatoms. The molecule has 1 saturated heterocycles. The number of alkyl halides is 3. The molecule has 3 aromatic carbocycles. The van der Waals surface area contributed by atoms with Gasteiger partial charge in [-0.2, -0.15) is 0 Å². The van der Waals surface area contributed by atoms with Crippen LogP contribution in [0.5, 0.6) is 5.75 Å². The summed E-state index contributed by atoms with van der Waals surface area (Å²) in [7, 11) is 0. The predicted molar refractivity (Wildman–Crippen MR) is 147 cm³/mol. The van der Waals surface area contributed by atoms with Crippen molar-refractivity contribution in [2.24, 2.45) is 0 Å². The van der Waals surface area contributed by atoms with E-state index in [1.807, 2.05) is 19.1 Å². The number of rotatable bonds is 8. The first-order valence-electron chi connectivity index (χ1n) is 13.0. The first-order valence-corrected chi connectivity index (χ1v) is 13.0. The quantitative estimate of drug-likeness (QED) is 0.222. The Labute approximate surface area is 234 Å². The van der Waals surface area contributed by atoms with Crippen LogP contribution in [0.3, 0.4) is 0 Å². The summed E-state index contributed by atoms with van der Waals surface area (Å²) in [6.07, 6.45) is -1.43. The number of hydrogen-bond donors (Lipinski definition) is 2.